The van der Waals surface area contributed by atoms with Gasteiger partial charge in [0.05, 0.1) is 0 Å². The van der Waals surface area contributed by atoms with Gasteiger partial charge in [-0.15, -0.1) is 0 Å². The van der Waals surface area contributed by atoms with Crippen molar-refractivity contribution in [3.05, 3.63) is 48.5 Å². The fourth-order valence-corrected chi connectivity index (χ4v) is 2.11. The van der Waals surface area contributed by atoms with Crippen molar-refractivity contribution in [2.75, 3.05) is 12.0 Å². The molecule has 16 heavy (non-hydrogen) atoms. The lowest BCUT2D eigenvalue weighted by Gasteiger charge is -2.05. The normalized spacial score (nSPS) is 12.3. The van der Waals surface area contributed by atoms with E-state index in [1.165, 1.54) is 0 Å². The van der Waals surface area contributed by atoms with Crippen LogP contribution in [0.3, 0.4) is 0 Å². The summed E-state index contributed by atoms with van der Waals surface area (Å²) in [5.41, 5.74) is 8.71. The summed E-state index contributed by atoms with van der Waals surface area (Å²) in [6.07, 6.45) is 1.67. The van der Waals surface area contributed by atoms with Crippen LogP contribution in [-0.4, -0.2) is 10.5 Å². The molecule has 0 saturated heterocycles. The van der Waals surface area contributed by atoms with Crippen molar-refractivity contribution in [2.45, 2.75) is 4.90 Å². The van der Waals surface area contributed by atoms with Crippen LogP contribution < -0.4 is 5.73 Å². The molecular formula is C13H13NOS. The average Bonchev–Trinajstić information content (AvgIpc) is 2.30. The van der Waals surface area contributed by atoms with E-state index in [1.807, 2.05) is 48.5 Å². The molecule has 0 radical (unpaired) electrons. The van der Waals surface area contributed by atoms with Crippen LogP contribution in [0.4, 0.5) is 5.69 Å². The molecular weight excluding hydrogens is 218 g/mol. The minimum atomic E-state index is -0.930. The zero-order valence-electron chi connectivity index (χ0n) is 9.01. The molecule has 0 aliphatic carbocycles. The van der Waals surface area contributed by atoms with Crippen molar-refractivity contribution in [1.82, 2.24) is 0 Å². The van der Waals surface area contributed by atoms with Gasteiger partial charge in [0.15, 0.2) is 0 Å². The number of benzene rings is 2. The Morgan fingerprint density at radius 1 is 1.00 bits per heavy atom. The van der Waals surface area contributed by atoms with Gasteiger partial charge in [0, 0.05) is 33.2 Å². The van der Waals surface area contributed by atoms with Gasteiger partial charge in [0.2, 0.25) is 0 Å². The second-order valence-electron chi connectivity index (χ2n) is 3.57. The highest BCUT2D eigenvalue weighted by atomic mass is 32.2. The third kappa shape index (κ3) is 2.14. The second kappa shape index (κ2) is 4.49. The summed E-state index contributed by atoms with van der Waals surface area (Å²) >= 11 is 0. The molecule has 1 atom stereocenters. The summed E-state index contributed by atoms with van der Waals surface area (Å²) in [6, 6.07) is 15.4. The van der Waals surface area contributed by atoms with Crippen molar-refractivity contribution in [3.8, 4) is 11.1 Å². The first-order valence-electron chi connectivity index (χ1n) is 4.97. The highest BCUT2D eigenvalue weighted by molar-refractivity contribution is 7.84. The Kier molecular flexibility index (Phi) is 3.06. The predicted octanol–water partition coefficient (Wildman–Crippen LogP) is 2.67. The van der Waals surface area contributed by atoms with Crippen molar-refractivity contribution in [2.24, 2.45) is 0 Å². The Morgan fingerprint density at radius 2 is 1.62 bits per heavy atom. The summed E-state index contributed by atoms with van der Waals surface area (Å²) in [6.45, 7) is 0. The van der Waals surface area contributed by atoms with Crippen molar-refractivity contribution < 1.29 is 4.21 Å². The molecule has 2 rings (SSSR count). The van der Waals surface area contributed by atoms with Gasteiger partial charge in [-0.2, -0.15) is 0 Å². The van der Waals surface area contributed by atoms with Crippen LogP contribution in [0.1, 0.15) is 0 Å². The maximum atomic E-state index is 11.2. The fraction of sp³-hybridized carbons (Fsp3) is 0.0769. The van der Waals surface area contributed by atoms with E-state index in [0.717, 1.165) is 21.7 Å². The molecule has 0 bridgehead atoms. The first kappa shape index (κ1) is 10.9. The number of nitrogens with two attached hydrogens (primary N) is 1. The van der Waals surface area contributed by atoms with Gasteiger partial charge in [-0.1, -0.05) is 30.3 Å². The van der Waals surface area contributed by atoms with Crippen molar-refractivity contribution in [3.63, 3.8) is 0 Å². The van der Waals surface area contributed by atoms with Gasteiger partial charge in [-0.3, -0.25) is 4.21 Å². The largest absolute Gasteiger partial charge is 0.398 e. The number of para-hydroxylation sites is 1. The van der Waals surface area contributed by atoms with Gasteiger partial charge in [-0.05, 0) is 23.8 Å². The van der Waals surface area contributed by atoms with E-state index < -0.39 is 10.8 Å². The molecule has 0 unspecified atom stereocenters. The van der Waals surface area contributed by atoms with Gasteiger partial charge in [-0.25, -0.2) is 0 Å². The van der Waals surface area contributed by atoms with E-state index in [4.69, 9.17) is 5.73 Å². The molecule has 0 aliphatic heterocycles. The van der Waals surface area contributed by atoms with E-state index in [0.29, 0.717) is 0 Å². The Bertz CT molecular complexity index is 520. The lowest BCUT2D eigenvalue weighted by atomic mass is 10.0. The minimum Gasteiger partial charge on any atom is -0.398 e. The van der Waals surface area contributed by atoms with E-state index in [1.54, 1.807) is 6.26 Å². The summed E-state index contributed by atoms with van der Waals surface area (Å²) in [7, 11) is -0.930. The van der Waals surface area contributed by atoms with E-state index >= 15 is 0 Å². The maximum Gasteiger partial charge on any atom is 0.0498 e. The second-order valence-corrected chi connectivity index (χ2v) is 4.95. The molecule has 2 aromatic rings. The first-order valence-corrected chi connectivity index (χ1v) is 6.52. The van der Waals surface area contributed by atoms with Crippen LogP contribution in [0, 0.1) is 0 Å². The molecule has 0 spiro atoms. The Balaban J connectivity index is 2.43. The standard InChI is InChI=1S/C13H13NOS/c1-16(15)11-8-6-10(7-9-11)12-4-2-3-5-13(12)14/h2-9H,14H2,1H3/t16-/m1/s1. The highest BCUT2D eigenvalue weighted by Crippen LogP contribution is 2.25. The van der Waals surface area contributed by atoms with Crippen LogP contribution in [0.25, 0.3) is 11.1 Å². The van der Waals surface area contributed by atoms with E-state index in [-0.39, 0.29) is 0 Å². The molecule has 3 heteroatoms. The van der Waals surface area contributed by atoms with Crippen LogP contribution in [0.5, 0.6) is 0 Å². The van der Waals surface area contributed by atoms with Gasteiger partial charge < -0.3 is 5.73 Å². The number of rotatable bonds is 2. The molecule has 2 N–H and O–H groups in total. The Morgan fingerprint density at radius 3 is 2.19 bits per heavy atom. The molecule has 0 aromatic heterocycles. The highest BCUT2D eigenvalue weighted by Gasteiger charge is 2.02. The Hall–Kier alpha value is -1.61. The summed E-state index contributed by atoms with van der Waals surface area (Å²) in [4.78, 5) is 0.832. The van der Waals surface area contributed by atoms with E-state index in [9.17, 15) is 4.21 Å². The molecule has 0 amide bonds. The molecule has 2 nitrogen and oxygen atoms in total. The third-order valence-electron chi connectivity index (χ3n) is 2.46. The van der Waals surface area contributed by atoms with Crippen molar-refractivity contribution in [1.29, 1.82) is 0 Å². The van der Waals surface area contributed by atoms with E-state index in [2.05, 4.69) is 0 Å². The number of nitrogen functional groups attached to an aromatic ring is 1. The fourth-order valence-electron chi connectivity index (χ4n) is 1.59. The SMILES string of the molecule is C[S@@](=O)c1ccc(-c2ccccc2N)cc1. The molecule has 2 aromatic carbocycles. The van der Waals surface area contributed by atoms with Gasteiger partial charge in [0.25, 0.3) is 0 Å². The molecule has 0 aliphatic rings. The molecule has 0 saturated carbocycles. The number of hydrogen-bond acceptors (Lipinski definition) is 2. The van der Waals surface area contributed by atoms with Crippen molar-refractivity contribution >= 4 is 16.5 Å². The minimum absolute atomic E-state index is 0.757. The lowest BCUT2D eigenvalue weighted by molar-refractivity contribution is 0.687. The van der Waals surface area contributed by atoms with Gasteiger partial charge >= 0.3 is 0 Å². The zero-order chi connectivity index (χ0) is 11.5. The number of anilines is 1. The third-order valence-corrected chi connectivity index (χ3v) is 3.39. The zero-order valence-corrected chi connectivity index (χ0v) is 9.83. The molecule has 0 fully saturated rings. The summed E-state index contributed by atoms with van der Waals surface area (Å²) in [5, 5.41) is 0. The summed E-state index contributed by atoms with van der Waals surface area (Å²) in [5.74, 6) is 0. The lowest BCUT2D eigenvalue weighted by Crippen LogP contribution is -1.90. The predicted molar refractivity (Wildman–Crippen MR) is 68.6 cm³/mol. The van der Waals surface area contributed by atoms with Crippen LogP contribution in [0.15, 0.2) is 53.4 Å². The Labute approximate surface area is 97.6 Å². The maximum absolute atomic E-state index is 11.2. The smallest absolute Gasteiger partial charge is 0.0498 e. The first-order chi connectivity index (χ1) is 7.68. The average molecular weight is 231 g/mol. The van der Waals surface area contributed by atoms with Gasteiger partial charge in [0.1, 0.15) is 0 Å². The molecule has 82 valence electrons. The quantitative estimate of drug-likeness (QED) is 0.807. The molecule has 0 heterocycles. The topological polar surface area (TPSA) is 43.1 Å². The van der Waals surface area contributed by atoms with Crippen LogP contribution >= 0.6 is 0 Å². The monoisotopic (exact) mass is 231 g/mol. The van der Waals surface area contributed by atoms with Crippen LogP contribution in [0.2, 0.25) is 0 Å². The number of hydrogen-bond donors (Lipinski definition) is 1. The summed E-state index contributed by atoms with van der Waals surface area (Å²) < 4.78 is 11.2. The van der Waals surface area contributed by atoms with Crippen LogP contribution in [-0.2, 0) is 10.8 Å².